The highest BCUT2D eigenvalue weighted by Crippen LogP contribution is 2.43. The third kappa shape index (κ3) is 2.72. The lowest BCUT2D eigenvalue weighted by molar-refractivity contribution is -0.0825. The summed E-state index contributed by atoms with van der Waals surface area (Å²) >= 11 is 0. The summed E-state index contributed by atoms with van der Waals surface area (Å²) in [5.74, 6) is 0. The van der Waals surface area contributed by atoms with E-state index in [0.29, 0.717) is 6.10 Å². The Labute approximate surface area is 109 Å². The van der Waals surface area contributed by atoms with Crippen molar-refractivity contribution in [1.82, 2.24) is 4.90 Å². The smallest absolute Gasteiger partial charge is 0.0932 e. The van der Waals surface area contributed by atoms with E-state index in [1.165, 1.54) is 38.5 Å². The van der Waals surface area contributed by atoms with Crippen LogP contribution in [0.1, 0.15) is 38.5 Å². The lowest BCUT2D eigenvalue weighted by Gasteiger charge is -2.34. The summed E-state index contributed by atoms with van der Waals surface area (Å²) < 4.78 is 11.8. The summed E-state index contributed by atoms with van der Waals surface area (Å²) in [4.78, 5) is 2.39. The van der Waals surface area contributed by atoms with E-state index in [-0.39, 0.29) is 18.3 Å². The third-order valence-electron chi connectivity index (χ3n) is 4.74. The molecule has 0 radical (unpaired) electrons. The fraction of sp³-hybridized carbons (Fsp3) is 1.00. The summed E-state index contributed by atoms with van der Waals surface area (Å²) in [6.45, 7) is 3.71. The maximum absolute atomic E-state index is 9.15. The number of aliphatic hydroxyl groups excluding tert-OH is 1. The monoisotopic (exact) mass is 255 g/mol. The quantitative estimate of drug-likeness (QED) is 0.822. The molecule has 0 aromatic heterocycles. The number of rotatable bonds is 3. The zero-order valence-electron chi connectivity index (χ0n) is 11.1. The minimum atomic E-state index is 0.000550. The molecule has 1 aliphatic carbocycles. The van der Waals surface area contributed by atoms with Crippen molar-refractivity contribution in [1.29, 1.82) is 0 Å². The molecule has 3 aliphatic rings. The van der Waals surface area contributed by atoms with E-state index in [9.17, 15) is 0 Å². The van der Waals surface area contributed by atoms with Crippen LogP contribution in [0.3, 0.4) is 0 Å². The van der Waals surface area contributed by atoms with E-state index in [1.807, 2.05) is 0 Å². The number of hydrogen-bond acceptors (Lipinski definition) is 4. The van der Waals surface area contributed by atoms with Crippen LogP contribution in [0, 0.1) is 0 Å². The van der Waals surface area contributed by atoms with Gasteiger partial charge in [0, 0.05) is 19.6 Å². The van der Waals surface area contributed by atoms with Gasteiger partial charge in [-0.25, -0.2) is 0 Å². The molecule has 0 bridgehead atoms. The van der Waals surface area contributed by atoms with Gasteiger partial charge in [-0.15, -0.1) is 0 Å². The molecule has 4 heteroatoms. The second kappa shape index (κ2) is 5.45. The molecule has 0 aromatic carbocycles. The number of nitrogens with zero attached hydrogens (tertiary/aromatic N) is 1. The topological polar surface area (TPSA) is 41.9 Å². The Hall–Kier alpha value is -0.160. The molecule has 1 spiro atoms. The average molecular weight is 255 g/mol. The number of hydrogen-bond donors (Lipinski definition) is 1. The first-order chi connectivity index (χ1) is 8.80. The largest absolute Gasteiger partial charge is 0.394 e. The lowest BCUT2D eigenvalue weighted by atomic mass is 9.98. The first-order valence-electron chi connectivity index (χ1n) is 7.42. The fourth-order valence-electron chi connectivity index (χ4n) is 3.76. The van der Waals surface area contributed by atoms with Crippen LogP contribution in [-0.2, 0) is 9.47 Å². The third-order valence-corrected chi connectivity index (χ3v) is 4.74. The van der Waals surface area contributed by atoms with Gasteiger partial charge in [0.1, 0.15) is 0 Å². The Morgan fingerprint density at radius 2 is 2.00 bits per heavy atom. The molecule has 104 valence electrons. The zero-order valence-corrected chi connectivity index (χ0v) is 11.1. The molecule has 2 saturated heterocycles. The molecule has 4 nitrogen and oxygen atoms in total. The van der Waals surface area contributed by atoms with Crippen LogP contribution >= 0.6 is 0 Å². The van der Waals surface area contributed by atoms with Crippen LogP contribution in [0.25, 0.3) is 0 Å². The van der Waals surface area contributed by atoms with Crippen molar-refractivity contribution in [3.63, 3.8) is 0 Å². The summed E-state index contributed by atoms with van der Waals surface area (Å²) in [5, 5.41) is 9.15. The average Bonchev–Trinajstić information content (AvgIpc) is 3.01. The van der Waals surface area contributed by atoms with Crippen LogP contribution in [0.2, 0.25) is 0 Å². The Bertz CT molecular complexity index is 278. The number of ether oxygens (including phenoxy) is 2. The van der Waals surface area contributed by atoms with Gasteiger partial charge in [0.2, 0.25) is 0 Å². The maximum atomic E-state index is 9.15. The molecule has 0 amide bonds. The van der Waals surface area contributed by atoms with E-state index in [2.05, 4.69) is 4.90 Å². The standard InChI is InChI=1S/C14H25NO3/c16-11-13-10-15(7-8-17-13)9-12-3-6-14(18-12)4-1-2-5-14/h12-13,16H,1-11H2. The summed E-state index contributed by atoms with van der Waals surface area (Å²) in [6.07, 6.45) is 8.10. The van der Waals surface area contributed by atoms with Crippen molar-refractivity contribution in [2.45, 2.75) is 56.3 Å². The summed E-state index contributed by atoms with van der Waals surface area (Å²) in [5.41, 5.74) is 0.243. The van der Waals surface area contributed by atoms with Crippen molar-refractivity contribution in [3.8, 4) is 0 Å². The molecule has 0 aromatic rings. The van der Waals surface area contributed by atoms with Gasteiger partial charge in [-0.05, 0) is 25.7 Å². The van der Waals surface area contributed by atoms with Crippen molar-refractivity contribution in [2.24, 2.45) is 0 Å². The summed E-state index contributed by atoms with van der Waals surface area (Å²) in [7, 11) is 0. The normalized spacial score (nSPS) is 36.5. The first-order valence-corrected chi connectivity index (χ1v) is 7.42. The van der Waals surface area contributed by atoms with Crippen LogP contribution in [0.5, 0.6) is 0 Å². The van der Waals surface area contributed by atoms with Gasteiger partial charge >= 0.3 is 0 Å². The van der Waals surface area contributed by atoms with Crippen molar-refractivity contribution >= 4 is 0 Å². The van der Waals surface area contributed by atoms with E-state index in [4.69, 9.17) is 14.6 Å². The number of aliphatic hydroxyl groups is 1. The van der Waals surface area contributed by atoms with E-state index in [0.717, 1.165) is 26.2 Å². The van der Waals surface area contributed by atoms with Gasteiger partial charge in [-0.2, -0.15) is 0 Å². The molecule has 18 heavy (non-hydrogen) atoms. The van der Waals surface area contributed by atoms with Gasteiger partial charge < -0.3 is 14.6 Å². The second-order valence-corrected chi connectivity index (χ2v) is 6.10. The summed E-state index contributed by atoms with van der Waals surface area (Å²) in [6, 6.07) is 0. The van der Waals surface area contributed by atoms with Crippen LogP contribution in [0.4, 0.5) is 0 Å². The predicted octanol–water partition coefficient (Wildman–Crippen LogP) is 1.17. The molecule has 3 rings (SSSR count). The molecule has 2 atom stereocenters. The Morgan fingerprint density at radius 1 is 1.17 bits per heavy atom. The van der Waals surface area contributed by atoms with Crippen LogP contribution < -0.4 is 0 Å². The molecule has 2 aliphatic heterocycles. The molecule has 2 unspecified atom stereocenters. The van der Waals surface area contributed by atoms with Gasteiger partial charge in [-0.3, -0.25) is 4.90 Å². The van der Waals surface area contributed by atoms with E-state index >= 15 is 0 Å². The Kier molecular flexibility index (Phi) is 3.89. The molecular weight excluding hydrogens is 230 g/mol. The Morgan fingerprint density at radius 3 is 2.78 bits per heavy atom. The predicted molar refractivity (Wildman–Crippen MR) is 68.6 cm³/mol. The minimum absolute atomic E-state index is 0.000550. The first kappa shape index (κ1) is 12.9. The van der Waals surface area contributed by atoms with Crippen molar-refractivity contribution in [2.75, 3.05) is 32.8 Å². The SMILES string of the molecule is OCC1CN(CC2CCC3(CCCC3)O2)CCO1. The minimum Gasteiger partial charge on any atom is -0.394 e. The molecule has 3 fully saturated rings. The van der Waals surface area contributed by atoms with E-state index in [1.54, 1.807) is 0 Å². The second-order valence-electron chi connectivity index (χ2n) is 6.10. The van der Waals surface area contributed by atoms with E-state index < -0.39 is 0 Å². The zero-order chi connectivity index (χ0) is 12.4. The highest BCUT2D eigenvalue weighted by Gasteiger charge is 2.42. The van der Waals surface area contributed by atoms with Crippen LogP contribution in [-0.4, -0.2) is 60.7 Å². The molecule has 1 N–H and O–H groups in total. The van der Waals surface area contributed by atoms with Gasteiger partial charge in [-0.1, -0.05) is 12.8 Å². The maximum Gasteiger partial charge on any atom is 0.0932 e. The molecule has 2 heterocycles. The van der Waals surface area contributed by atoms with Crippen molar-refractivity contribution in [3.05, 3.63) is 0 Å². The molecule has 1 saturated carbocycles. The molecular formula is C14H25NO3. The van der Waals surface area contributed by atoms with Crippen LogP contribution in [0.15, 0.2) is 0 Å². The van der Waals surface area contributed by atoms with Crippen molar-refractivity contribution < 1.29 is 14.6 Å². The van der Waals surface area contributed by atoms with Gasteiger partial charge in [0.15, 0.2) is 0 Å². The Balaban J connectivity index is 1.48. The number of morpholine rings is 1. The van der Waals surface area contributed by atoms with Gasteiger partial charge in [0.05, 0.1) is 31.0 Å². The fourth-order valence-corrected chi connectivity index (χ4v) is 3.76. The lowest BCUT2D eigenvalue weighted by Crippen LogP contribution is -2.47. The highest BCUT2D eigenvalue weighted by molar-refractivity contribution is 4.93. The van der Waals surface area contributed by atoms with Gasteiger partial charge in [0.25, 0.3) is 0 Å². The highest BCUT2D eigenvalue weighted by atomic mass is 16.5.